The Morgan fingerprint density at radius 3 is 2.00 bits per heavy atom. The molecule has 0 saturated heterocycles. The molecule has 126 valence electrons. The van der Waals surface area contributed by atoms with Crippen LogP contribution in [0.5, 0.6) is 0 Å². The van der Waals surface area contributed by atoms with Gasteiger partial charge in [0.05, 0.1) is 17.1 Å². The summed E-state index contributed by atoms with van der Waals surface area (Å²) >= 11 is 0. The van der Waals surface area contributed by atoms with Crippen molar-refractivity contribution in [3.05, 3.63) is 0 Å². The predicted octanol–water partition coefficient (Wildman–Crippen LogP) is 4.07. The maximum Gasteiger partial charge on any atom is 0.157 e. The average molecular weight is 319 g/mol. The van der Waals surface area contributed by atoms with Gasteiger partial charge in [0.2, 0.25) is 0 Å². The molecule has 0 N–H and O–H groups in total. The van der Waals surface area contributed by atoms with Crippen molar-refractivity contribution < 1.29 is 13.2 Å². The molecule has 0 aliphatic rings. The summed E-state index contributed by atoms with van der Waals surface area (Å²) in [5.74, 6) is 6.45. The third kappa shape index (κ3) is 11.8. The highest BCUT2D eigenvalue weighted by molar-refractivity contribution is 7.92. The smallest absolute Gasteiger partial charge is 0.157 e. The number of rotatable bonds is 7. The molecule has 0 aromatic rings. The lowest BCUT2D eigenvalue weighted by Crippen LogP contribution is -2.32. The number of hydrogen-bond donors (Lipinski definition) is 0. The summed E-state index contributed by atoms with van der Waals surface area (Å²) in [5, 5.41) is 0. The van der Waals surface area contributed by atoms with Crippen LogP contribution in [0.25, 0.3) is 0 Å². The number of sulfone groups is 1. The lowest BCUT2D eigenvalue weighted by molar-refractivity contribution is 0.145. The van der Waals surface area contributed by atoms with E-state index in [0.717, 1.165) is 19.3 Å². The second kappa shape index (κ2) is 9.48. The van der Waals surface area contributed by atoms with Crippen molar-refractivity contribution in [3.63, 3.8) is 0 Å². The summed E-state index contributed by atoms with van der Waals surface area (Å²) in [5.41, 5.74) is 0.0673. The van der Waals surface area contributed by atoms with Gasteiger partial charge in [0.15, 0.2) is 9.84 Å². The molecule has 0 aliphatic carbocycles. The van der Waals surface area contributed by atoms with E-state index in [9.17, 15) is 8.42 Å². The van der Waals surface area contributed by atoms with Gasteiger partial charge in [0, 0.05) is 18.4 Å². The highest BCUT2D eigenvalue weighted by Gasteiger charge is 2.28. The van der Waals surface area contributed by atoms with Crippen molar-refractivity contribution in [3.8, 4) is 11.8 Å². The van der Waals surface area contributed by atoms with E-state index in [1.54, 1.807) is 20.8 Å². The van der Waals surface area contributed by atoms with Crippen molar-refractivity contribution in [1.82, 2.24) is 0 Å². The molecule has 0 bridgehead atoms. The molecule has 0 atom stereocenters. The van der Waals surface area contributed by atoms with Crippen LogP contribution in [-0.2, 0) is 14.6 Å². The van der Waals surface area contributed by atoms with Gasteiger partial charge in [0.25, 0.3) is 0 Å². The zero-order valence-electron chi connectivity index (χ0n) is 13.9. The molecule has 0 aliphatic heterocycles. The first-order chi connectivity index (χ1) is 8.96. The Morgan fingerprint density at radius 1 is 0.952 bits per heavy atom. The van der Waals surface area contributed by atoms with Crippen LogP contribution in [0.1, 0.15) is 68.2 Å². The zero-order valence-corrected chi connectivity index (χ0v) is 14.7. The molecule has 0 unspecified atom stereocenters. The van der Waals surface area contributed by atoms with E-state index in [4.69, 9.17) is 4.74 Å². The Bertz CT molecular complexity index is 425. The number of ether oxygens (including phenoxy) is 1. The second-order valence-corrected chi connectivity index (χ2v) is 9.91. The third-order valence-electron chi connectivity index (χ3n) is 2.73. The van der Waals surface area contributed by atoms with Crippen LogP contribution >= 0.6 is 0 Å². The van der Waals surface area contributed by atoms with Crippen LogP contribution in [-0.4, -0.2) is 32.1 Å². The highest BCUT2D eigenvalue weighted by Crippen LogP contribution is 2.15. The molecule has 0 amide bonds. The Morgan fingerprint density at radius 2 is 1.52 bits per heavy atom. The van der Waals surface area contributed by atoms with Crippen molar-refractivity contribution in [2.75, 3.05) is 19.0 Å². The van der Waals surface area contributed by atoms with Crippen LogP contribution in [0.15, 0.2) is 0 Å². The standard InChI is InChI=1S/C16H30O3S.CH4/c1-15(2,3)11-9-7-8-10-12-19-13-14-20(17,18)16(4,5)6;/h7-8,10,12-14H2,1-6H3;1H4. The maximum atomic E-state index is 11.8. The Balaban J connectivity index is 0. The molecule has 0 saturated carbocycles. The molecular formula is C17H34O3S. The van der Waals surface area contributed by atoms with Crippen molar-refractivity contribution >= 4 is 9.84 Å². The minimum Gasteiger partial charge on any atom is -0.380 e. The van der Waals surface area contributed by atoms with Crippen LogP contribution < -0.4 is 0 Å². The van der Waals surface area contributed by atoms with E-state index in [2.05, 4.69) is 32.6 Å². The van der Waals surface area contributed by atoms with E-state index in [0.29, 0.717) is 6.61 Å². The third-order valence-corrected chi connectivity index (χ3v) is 5.30. The maximum absolute atomic E-state index is 11.8. The molecule has 0 rings (SSSR count). The lowest BCUT2D eigenvalue weighted by atomic mass is 9.98. The van der Waals surface area contributed by atoms with Gasteiger partial charge in [0.1, 0.15) is 0 Å². The molecule has 21 heavy (non-hydrogen) atoms. The fourth-order valence-corrected chi connectivity index (χ4v) is 2.27. The van der Waals surface area contributed by atoms with Crippen LogP contribution in [0.4, 0.5) is 0 Å². The van der Waals surface area contributed by atoms with E-state index in [1.807, 2.05) is 0 Å². The minimum absolute atomic E-state index is 0. The summed E-state index contributed by atoms with van der Waals surface area (Å²) < 4.78 is 28.3. The van der Waals surface area contributed by atoms with Gasteiger partial charge < -0.3 is 4.74 Å². The fourth-order valence-electron chi connectivity index (χ4n) is 1.32. The highest BCUT2D eigenvalue weighted by atomic mass is 32.2. The van der Waals surface area contributed by atoms with E-state index in [-0.39, 0.29) is 25.2 Å². The van der Waals surface area contributed by atoms with Gasteiger partial charge in [-0.05, 0) is 54.4 Å². The van der Waals surface area contributed by atoms with Crippen LogP contribution in [0.3, 0.4) is 0 Å². The molecule has 4 heteroatoms. The predicted molar refractivity (Wildman–Crippen MR) is 92.2 cm³/mol. The molecular weight excluding hydrogens is 284 g/mol. The number of hydrogen-bond acceptors (Lipinski definition) is 3. The Kier molecular flexibility index (Phi) is 10.3. The molecule has 0 fully saturated rings. The first-order valence-corrected chi connectivity index (χ1v) is 8.91. The summed E-state index contributed by atoms with van der Waals surface area (Å²) in [6.45, 7) is 12.3. The first-order valence-electron chi connectivity index (χ1n) is 7.26. The summed E-state index contributed by atoms with van der Waals surface area (Å²) in [6.07, 6.45) is 2.80. The molecule has 0 aromatic carbocycles. The Labute approximate surface area is 132 Å². The van der Waals surface area contributed by atoms with Crippen LogP contribution in [0.2, 0.25) is 0 Å². The summed E-state index contributed by atoms with van der Waals surface area (Å²) in [4.78, 5) is 0. The second-order valence-electron chi connectivity index (χ2n) is 7.05. The minimum atomic E-state index is -3.06. The molecule has 3 nitrogen and oxygen atoms in total. The van der Waals surface area contributed by atoms with Crippen molar-refractivity contribution in [2.45, 2.75) is 73.0 Å². The quantitative estimate of drug-likeness (QED) is 0.525. The molecule has 0 aromatic heterocycles. The summed E-state index contributed by atoms with van der Waals surface area (Å²) in [6, 6.07) is 0. The molecule has 0 radical (unpaired) electrons. The average Bonchev–Trinajstić information content (AvgIpc) is 2.23. The van der Waals surface area contributed by atoms with Gasteiger partial charge >= 0.3 is 0 Å². The van der Waals surface area contributed by atoms with Gasteiger partial charge in [-0.15, -0.1) is 5.92 Å². The Hall–Kier alpha value is -0.530. The van der Waals surface area contributed by atoms with Crippen LogP contribution in [0, 0.1) is 17.3 Å². The van der Waals surface area contributed by atoms with Crippen molar-refractivity contribution in [2.24, 2.45) is 5.41 Å². The molecule has 0 heterocycles. The van der Waals surface area contributed by atoms with Gasteiger partial charge in [-0.2, -0.15) is 0 Å². The van der Waals surface area contributed by atoms with Gasteiger partial charge in [-0.25, -0.2) is 8.42 Å². The van der Waals surface area contributed by atoms with Gasteiger partial charge in [-0.3, -0.25) is 0 Å². The number of unbranched alkanes of at least 4 members (excludes halogenated alkanes) is 2. The topological polar surface area (TPSA) is 43.4 Å². The van der Waals surface area contributed by atoms with E-state index >= 15 is 0 Å². The largest absolute Gasteiger partial charge is 0.380 e. The first kappa shape index (κ1) is 22.7. The fraction of sp³-hybridized carbons (Fsp3) is 0.882. The molecule has 0 spiro atoms. The van der Waals surface area contributed by atoms with E-state index in [1.165, 1.54) is 0 Å². The zero-order chi connectivity index (χ0) is 15.9. The van der Waals surface area contributed by atoms with E-state index < -0.39 is 14.6 Å². The summed E-state index contributed by atoms with van der Waals surface area (Å²) in [7, 11) is -3.06. The lowest BCUT2D eigenvalue weighted by Gasteiger charge is -2.18. The van der Waals surface area contributed by atoms with Gasteiger partial charge in [-0.1, -0.05) is 13.3 Å². The SMILES string of the molecule is C.CC(C)(C)C#CCCCCOCCS(=O)(=O)C(C)(C)C. The monoisotopic (exact) mass is 318 g/mol. The normalized spacial score (nSPS) is 12.3. The van der Waals surface area contributed by atoms with Crippen molar-refractivity contribution in [1.29, 1.82) is 0 Å².